The largest absolute Gasteiger partial charge is 0.350 e. The van der Waals surface area contributed by atoms with Gasteiger partial charge < -0.3 is 5.32 Å². The number of halogens is 2. The standard InChI is InChI=1S/C18H27Cl2N3O3S/c1-5-18(3,4)21-17(24)13(2)22-9-11-23(12-10-22)27(25,26)15-8-6-7-14(19)16(15)20/h6-8,13H,5,9-12H2,1-4H3,(H,21,24). The maximum Gasteiger partial charge on any atom is 0.244 e. The highest BCUT2D eigenvalue weighted by molar-refractivity contribution is 7.89. The molecule has 1 N–H and O–H groups in total. The summed E-state index contributed by atoms with van der Waals surface area (Å²) < 4.78 is 27.2. The van der Waals surface area contributed by atoms with Gasteiger partial charge in [0.25, 0.3) is 0 Å². The van der Waals surface area contributed by atoms with Crippen molar-refractivity contribution < 1.29 is 13.2 Å². The van der Waals surface area contributed by atoms with E-state index in [2.05, 4.69) is 5.32 Å². The summed E-state index contributed by atoms with van der Waals surface area (Å²) in [5, 5.41) is 3.29. The fraction of sp³-hybridized carbons (Fsp3) is 0.611. The monoisotopic (exact) mass is 435 g/mol. The van der Waals surface area contributed by atoms with Crippen LogP contribution in [-0.2, 0) is 14.8 Å². The Bertz CT molecular complexity index is 791. The molecule has 0 aromatic heterocycles. The average Bonchev–Trinajstić information content (AvgIpc) is 2.63. The Morgan fingerprint density at radius 3 is 2.37 bits per heavy atom. The fourth-order valence-electron chi connectivity index (χ4n) is 2.85. The second kappa shape index (κ2) is 8.66. The zero-order valence-corrected chi connectivity index (χ0v) is 18.5. The molecule has 9 heteroatoms. The van der Waals surface area contributed by atoms with E-state index >= 15 is 0 Å². The molecule has 0 spiro atoms. The molecule has 1 saturated heterocycles. The Hall–Kier alpha value is -0.860. The molecule has 1 unspecified atom stereocenters. The highest BCUT2D eigenvalue weighted by atomic mass is 35.5. The number of sulfonamides is 1. The lowest BCUT2D eigenvalue weighted by Crippen LogP contribution is -2.57. The van der Waals surface area contributed by atoms with Gasteiger partial charge in [0.15, 0.2) is 0 Å². The summed E-state index contributed by atoms with van der Waals surface area (Å²) in [5.41, 5.74) is -0.264. The van der Waals surface area contributed by atoms with Gasteiger partial charge in [-0.05, 0) is 39.3 Å². The molecule has 1 aliphatic rings. The van der Waals surface area contributed by atoms with E-state index in [9.17, 15) is 13.2 Å². The number of benzene rings is 1. The normalized spacial score (nSPS) is 18.3. The first-order valence-electron chi connectivity index (χ1n) is 9.00. The van der Waals surface area contributed by atoms with Gasteiger partial charge in [-0.25, -0.2) is 8.42 Å². The summed E-state index contributed by atoms with van der Waals surface area (Å²) in [6.07, 6.45) is 0.831. The van der Waals surface area contributed by atoms with E-state index < -0.39 is 10.0 Å². The highest BCUT2D eigenvalue weighted by Crippen LogP contribution is 2.31. The van der Waals surface area contributed by atoms with E-state index in [0.717, 1.165) is 6.42 Å². The Morgan fingerprint density at radius 1 is 1.22 bits per heavy atom. The minimum Gasteiger partial charge on any atom is -0.350 e. The van der Waals surface area contributed by atoms with Crippen LogP contribution in [0.25, 0.3) is 0 Å². The van der Waals surface area contributed by atoms with E-state index in [4.69, 9.17) is 23.2 Å². The lowest BCUT2D eigenvalue weighted by atomic mass is 10.0. The molecular formula is C18H27Cl2N3O3S. The van der Waals surface area contributed by atoms with Crippen molar-refractivity contribution in [3.8, 4) is 0 Å². The Kier molecular flexibility index (Phi) is 7.19. The number of hydrogen-bond acceptors (Lipinski definition) is 4. The first kappa shape index (κ1) is 22.4. The van der Waals surface area contributed by atoms with Crippen LogP contribution in [0.15, 0.2) is 23.1 Å². The highest BCUT2D eigenvalue weighted by Gasteiger charge is 2.34. The van der Waals surface area contributed by atoms with Crippen LogP contribution in [0.3, 0.4) is 0 Å². The van der Waals surface area contributed by atoms with Crippen LogP contribution < -0.4 is 5.32 Å². The Labute approximate surface area is 171 Å². The molecular weight excluding hydrogens is 409 g/mol. The number of piperazine rings is 1. The third-order valence-corrected chi connectivity index (χ3v) is 7.95. The van der Waals surface area contributed by atoms with Crippen molar-refractivity contribution in [2.75, 3.05) is 26.2 Å². The van der Waals surface area contributed by atoms with Crippen LogP contribution in [0.2, 0.25) is 10.0 Å². The second-order valence-electron chi connectivity index (χ2n) is 7.39. The molecule has 0 bridgehead atoms. The summed E-state index contributed by atoms with van der Waals surface area (Å²) in [7, 11) is -3.73. The summed E-state index contributed by atoms with van der Waals surface area (Å²) in [5.74, 6) is -0.0453. The maximum absolute atomic E-state index is 12.9. The summed E-state index contributed by atoms with van der Waals surface area (Å²) >= 11 is 12.0. The first-order valence-corrected chi connectivity index (χ1v) is 11.2. The summed E-state index contributed by atoms with van der Waals surface area (Å²) in [6.45, 7) is 9.36. The molecule has 0 saturated carbocycles. The zero-order valence-electron chi connectivity index (χ0n) is 16.1. The molecule has 1 aromatic rings. The predicted molar refractivity (Wildman–Crippen MR) is 109 cm³/mol. The number of carbonyl (C=O) groups excluding carboxylic acids is 1. The lowest BCUT2D eigenvalue weighted by Gasteiger charge is -2.38. The molecule has 1 aromatic carbocycles. The van der Waals surface area contributed by atoms with Crippen molar-refractivity contribution in [1.29, 1.82) is 0 Å². The van der Waals surface area contributed by atoms with Gasteiger partial charge in [-0.2, -0.15) is 4.31 Å². The van der Waals surface area contributed by atoms with Gasteiger partial charge in [0.1, 0.15) is 4.90 Å². The molecule has 1 aliphatic heterocycles. The topological polar surface area (TPSA) is 69.7 Å². The van der Waals surface area contributed by atoms with Crippen molar-refractivity contribution in [1.82, 2.24) is 14.5 Å². The van der Waals surface area contributed by atoms with E-state index in [-0.39, 0.29) is 32.4 Å². The molecule has 2 rings (SSSR count). The minimum atomic E-state index is -3.73. The minimum absolute atomic E-state index is 0.0144. The molecule has 27 heavy (non-hydrogen) atoms. The molecule has 1 heterocycles. The van der Waals surface area contributed by atoms with Gasteiger partial charge in [-0.1, -0.05) is 36.2 Å². The third kappa shape index (κ3) is 5.15. The smallest absolute Gasteiger partial charge is 0.244 e. The number of carbonyl (C=O) groups is 1. The van der Waals surface area contributed by atoms with E-state index in [0.29, 0.717) is 26.2 Å². The number of nitrogens with zero attached hydrogens (tertiary/aromatic N) is 2. The Morgan fingerprint density at radius 2 is 1.81 bits per heavy atom. The number of nitrogens with one attached hydrogen (secondary N) is 1. The van der Waals surface area contributed by atoms with Crippen molar-refractivity contribution in [3.05, 3.63) is 28.2 Å². The molecule has 152 valence electrons. The van der Waals surface area contributed by atoms with Gasteiger partial charge in [-0.15, -0.1) is 0 Å². The molecule has 0 radical (unpaired) electrons. The second-order valence-corrected chi connectivity index (χ2v) is 10.1. The van der Waals surface area contributed by atoms with Crippen molar-refractivity contribution in [2.24, 2.45) is 0 Å². The van der Waals surface area contributed by atoms with Crippen molar-refractivity contribution in [3.63, 3.8) is 0 Å². The lowest BCUT2D eigenvalue weighted by molar-refractivity contribution is -0.128. The molecule has 1 fully saturated rings. The summed E-state index contributed by atoms with van der Waals surface area (Å²) in [4.78, 5) is 14.5. The summed E-state index contributed by atoms with van der Waals surface area (Å²) in [6, 6.07) is 4.26. The third-order valence-electron chi connectivity index (χ3n) is 5.08. The number of rotatable bonds is 6. The predicted octanol–water partition coefficient (Wildman–Crippen LogP) is 2.99. The molecule has 1 atom stereocenters. The molecule has 6 nitrogen and oxygen atoms in total. The SMILES string of the molecule is CCC(C)(C)NC(=O)C(C)N1CCN(S(=O)(=O)c2cccc(Cl)c2Cl)CC1. The first-order chi connectivity index (χ1) is 12.5. The molecule has 0 aliphatic carbocycles. The van der Waals surface area contributed by atoms with Crippen LogP contribution in [-0.4, -0.2) is 61.3 Å². The number of amides is 1. The van der Waals surface area contributed by atoms with E-state index in [1.807, 2.05) is 32.6 Å². The maximum atomic E-state index is 12.9. The van der Waals surface area contributed by atoms with Gasteiger partial charge in [-0.3, -0.25) is 9.69 Å². The van der Waals surface area contributed by atoms with Crippen molar-refractivity contribution in [2.45, 2.75) is 50.6 Å². The van der Waals surface area contributed by atoms with Crippen LogP contribution in [0.4, 0.5) is 0 Å². The fourth-order valence-corrected chi connectivity index (χ4v) is 5.00. The Balaban J connectivity index is 2.04. The van der Waals surface area contributed by atoms with Crippen LogP contribution in [0, 0.1) is 0 Å². The average molecular weight is 436 g/mol. The van der Waals surface area contributed by atoms with Crippen LogP contribution in [0.5, 0.6) is 0 Å². The quantitative estimate of drug-likeness (QED) is 0.745. The van der Waals surface area contributed by atoms with Gasteiger partial charge in [0.2, 0.25) is 15.9 Å². The van der Waals surface area contributed by atoms with E-state index in [1.165, 1.54) is 10.4 Å². The molecule has 1 amide bonds. The van der Waals surface area contributed by atoms with Crippen molar-refractivity contribution >= 4 is 39.1 Å². The van der Waals surface area contributed by atoms with Gasteiger partial charge in [0, 0.05) is 31.7 Å². The van der Waals surface area contributed by atoms with Gasteiger partial charge >= 0.3 is 0 Å². The zero-order chi connectivity index (χ0) is 20.4. The van der Waals surface area contributed by atoms with Crippen LogP contribution >= 0.6 is 23.2 Å². The van der Waals surface area contributed by atoms with Crippen LogP contribution in [0.1, 0.15) is 34.1 Å². The van der Waals surface area contributed by atoms with E-state index in [1.54, 1.807) is 12.1 Å². The van der Waals surface area contributed by atoms with Gasteiger partial charge in [0.05, 0.1) is 16.1 Å². The number of hydrogen-bond donors (Lipinski definition) is 1.